The standard InChI is InChI=1S/C8H14.C2H2/c1-4-6-7-8(3)5-2;1-2/h5-7H,4H2,1-3H3;1-2H/b7-6-,8-5-;. The van der Waals surface area contributed by atoms with Crippen LogP contribution in [-0.2, 0) is 0 Å². The Labute approximate surface area is 64.6 Å². The van der Waals surface area contributed by atoms with Gasteiger partial charge in [0.15, 0.2) is 0 Å². The van der Waals surface area contributed by atoms with Crippen molar-refractivity contribution in [3.05, 3.63) is 23.8 Å². The molecule has 0 atom stereocenters. The summed E-state index contributed by atoms with van der Waals surface area (Å²) in [6, 6.07) is 0. The summed E-state index contributed by atoms with van der Waals surface area (Å²) in [6.45, 7) is 6.29. The molecule has 0 unspecified atom stereocenters. The molecule has 0 aromatic heterocycles. The number of rotatable bonds is 2. The third kappa shape index (κ3) is 10.1. The molecule has 0 spiro atoms. The molecule has 0 aliphatic carbocycles. The Balaban J connectivity index is 0. The highest BCUT2D eigenvalue weighted by Gasteiger charge is 1.72. The van der Waals surface area contributed by atoms with Gasteiger partial charge in [0.2, 0.25) is 0 Å². The summed E-state index contributed by atoms with van der Waals surface area (Å²) in [4.78, 5) is 0. The minimum atomic E-state index is 1.13. The Kier molecular flexibility index (Phi) is 12.9. The molecule has 0 amide bonds. The first-order valence-corrected chi connectivity index (χ1v) is 3.44. The molecule has 0 aliphatic heterocycles. The van der Waals surface area contributed by atoms with Gasteiger partial charge in [-0.25, -0.2) is 0 Å². The predicted molar refractivity (Wildman–Crippen MR) is 48.8 cm³/mol. The number of hydrogen-bond acceptors (Lipinski definition) is 0. The van der Waals surface area contributed by atoms with E-state index in [0.717, 1.165) is 6.42 Å². The van der Waals surface area contributed by atoms with Crippen molar-refractivity contribution >= 4 is 0 Å². The van der Waals surface area contributed by atoms with Gasteiger partial charge in [-0.15, -0.1) is 12.8 Å². The van der Waals surface area contributed by atoms with Crippen LogP contribution in [0, 0.1) is 12.8 Å². The number of terminal acetylenes is 1. The van der Waals surface area contributed by atoms with Crippen molar-refractivity contribution in [2.24, 2.45) is 0 Å². The minimum Gasteiger partial charge on any atom is -0.124 e. The van der Waals surface area contributed by atoms with E-state index in [0.29, 0.717) is 0 Å². The van der Waals surface area contributed by atoms with Crippen molar-refractivity contribution in [3.63, 3.8) is 0 Å². The van der Waals surface area contributed by atoms with Gasteiger partial charge in [-0.1, -0.05) is 30.7 Å². The van der Waals surface area contributed by atoms with Gasteiger partial charge in [-0.2, -0.15) is 0 Å². The molecule has 0 nitrogen and oxygen atoms in total. The maximum absolute atomic E-state index is 4.00. The van der Waals surface area contributed by atoms with Gasteiger partial charge >= 0.3 is 0 Å². The van der Waals surface area contributed by atoms with E-state index in [1.54, 1.807) is 0 Å². The van der Waals surface area contributed by atoms with Crippen molar-refractivity contribution in [2.75, 3.05) is 0 Å². The van der Waals surface area contributed by atoms with E-state index >= 15 is 0 Å². The summed E-state index contributed by atoms with van der Waals surface area (Å²) >= 11 is 0. The van der Waals surface area contributed by atoms with Crippen LogP contribution in [0.2, 0.25) is 0 Å². The van der Waals surface area contributed by atoms with Crippen molar-refractivity contribution in [1.82, 2.24) is 0 Å². The molecule has 0 aliphatic rings. The highest BCUT2D eigenvalue weighted by Crippen LogP contribution is 1.93. The lowest BCUT2D eigenvalue weighted by molar-refractivity contribution is 1.22. The van der Waals surface area contributed by atoms with Gasteiger partial charge in [-0.05, 0) is 20.3 Å². The molecule has 0 aromatic carbocycles. The summed E-state index contributed by atoms with van der Waals surface area (Å²) < 4.78 is 0. The van der Waals surface area contributed by atoms with Crippen LogP contribution >= 0.6 is 0 Å². The van der Waals surface area contributed by atoms with E-state index in [1.807, 2.05) is 0 Å². The summed E-state index contributed by atoms with van der Waals surface area (Å²) in [7, 11) is 0. The van der Waals surface area contributed by atoms with Gasteiger partial charge < -0.3 is 0 Å². The molecule has 0 rings (SSSR count). The van der Waals surface area contributed by atoms with Crippen molar-refractivity contribution < 1.29 is 0 Å². The maximum atomic E-state index is 4.00. The van der Waals surface area contributed by atoms with E-state index in [2.05, 4.69) is 51.8 Å². The van der Waals surface area contributed by atoms with Gasteiger partial charge in [0.05, 0.1) is 0 Å². The van der Waals surface area contributed by atoms with Crippen molar-refractivity contribution in [2.45, 2.75) is 27.2 Å². The van der Waals surface area contributed by atoms with E-state index in [9.17, 15) is 0 Å². The first kappa shape index (κ1) is 11.8. The summed E-state index contributed by atoms with van der Waals surface area (Å²) in [5, 5.41) is 0. The first-order chi connectivity index (χ1) is 4.81. The second-order valence-electron chi connectivity index (χ2n) is 1.84. The highest BCUT2D eigenvalue weighted by molar-refractivity contribution is 5.14. The van der Waals surface area contributed by atoms with Gasteiger partial charge in [-0.3, -0.25) is 0 Å². The van der Waals surface area contributed by atoms with Gasteiger partial charge in [0.1, 0.15) is 0 Å². The molecule has 0 radical (unpaired) electrons. The first-order valence-electron chi connectivity index (χ1n) is 3.44. The Bertz CT molecular complexity index is 124. The van der Waals surface area contributed by atoms with E-state index in [-0.39, 0.29) is 0 Å². The van der Waals surface area contributed by atoms with Gasteiger partial charge in [0.25, 0.3) is 0 Å². The molecule has 0 aromatic rings. The Hall–Kier alpha value is -0.960. The van der Waals surface area contributed by atoms with Crippen LogP contribution in [0.1, 0.15) is 27.2 Å². The van der Waals surface area contributed by atoms with Crippen LogP contribution in [0.4, 0.5) is 0 Å². The molecule has 10 heavy (non-hydrogen) atoms. The van der Waals surface area contributed by atoms with Crippen molar-refractivity contribution in [1.29, 1.82) is 0 Å². The molecule has 0 heteroatoms. The number of hydrogen-bond donors (Lipinski definition) is 0. The smallest absolute Gasteiger partial charge is 0.0376 e. The summed E-state index contributed by atoms with van der Waals surface area (Å²) in [6.07, 6.45) is 15.5. The molecule has 0 saturated carbocycles. The van der Waals surface area contributed by atoms with Crippen LogP contribution in [0.15, 0.2) is 23.8 Å². The second-order valence-corrected chi connectivity index (χ2v) is 1.84. The fourth-order valence-electron chi connectivity index (χ4n) is 0.400. The van der Waals surface area contributed by atoms with Crippen LogP contribution in [0.3, 0.4) is 0 Å². The Morgan fingerprint density at radius 2 is 1.90 bits per heavy atom. The number of allylic oxidation sites excluding steroid dienone is 4. The molecule has 56 valence electrons. The van der Waals surface area contributed by atoms with E-state index < -0.39 is 0 Å². The molecule has 0 fully saturated rings. The maximum Gasteiger partial charge on any atom is -0.0376 e. The largest absolute Gasteiger partial charge is 0.124 e. The molecule has 0 heterocycles. The fourth-order valence-corrected chi connectivity index (χ4v) is 0.400. The lowest BCUT2D eigenvalue weighted by Crippen LogP contribution is -1.62. The molecular weight excluding hydrogens is 120 g/mol. The second kappa shape index (κ2) is 10.9. The zero-order valence-corrected chi connectivity index (χ0v) is 7.09. The van der Waals surface area contributed by atoms with Crippen LogP contribution in [-0.4, -0.2) is 0 Å². The summed E-state index contributed by atoms with van der Waals surface area (Å²) in [5.74, 6) is 0. The summed E-state index contributed by atoms with van der Waals surface area (Å²) in [5.41, 5.74) is 1.34. The van der Waals surface area contributed by atoms with E-state index in [1.165, 1.54) is 5.57 Å². The zero-order valence-electron chi connectivity index (χ0n) is 7.09. The highest BCUT2D eigenvalue weighted by atomic mass is 13.8. The third-order valence-electron chi connectivity index (χ3n) is 1.07. The average Bonchev–Trinajstić information content (AvgIpc) is 2.04. The topological polar surface area (TPSA) is 0 Å². The zero-order chi connectivity index (χ0) is 8.41. The molecule has 0 saturated heterocycles. The molecule has 0 N–H and O–H groups in total. The quantitative estimate of drug-likeness (QED) is 0.404. The van der Waals surface area contributed by atoms with Crippen LogP contribution in [0.5, 0.6) is 0 Å². The lowest BCUT2D eigenvalue weighted by atomic mass is 10.2. The Morgan fingerprint density at radius 3 is 2.20 bits per heavy atom. The van der Waals surface area contributed by atoms with E-state index in [4.69, 9.17) is 0 Å². The third-order valence-corrected chi connectivity index (χ3v) is 1.07. The van der Waals surface area contributed by atoms with Crippen molar-refractivity contribution in [3.8, 4) is 12.8 Å². The van der Waals surface area contributed by atoms with Crippen LogP contribution in [0.25, 0.3) is 0 Å². The Morgan fingerprint density at radius 1 is 1.40 bits per heavy atom. The average molecular weight is 136 g/mol. The fraction of sp³-hybridized carbons (Fsp3) is 0.400. The molecular formula is C10H16. The SMILES string of the molecule is C#C.C/C=C(C)\C=C/CC. The minimum absolute atomic E-state index is 1.13. The lowest BCUT2D eigenvalue weighted by Gasteiger charge is -1.84. The monoisotopic (exact) mass is 136 g/mol. The molecule has 0 bridgehead atoms. The normalized spacial score (nSPS) is 10.7. The predicted octanol–water partition coefficient (Wildman–Crippen LogP) is 3.17. The van der Waals surface area contributed by atoms with Gasteiger partial charge in [0, 0.05) is 0 Å². The van der Waals surface area contributed by atoms with Crippen LogP contribution < -0.4 is 0 Å².